The van der Waals surface area contributed by atoms with Gasteiger partial charge in [-0.2, -0.15) is 5.10 Å². The average molecular weight is 556 g/mol. The molecule has 2 N–H and O–H groups in total. The number of hydrogen-bond donors (Lipinski definition) is 2. The predicted molar refractivity (Wildman–Crippen MR) is 151 cm³/mol. The van der Waals surface area contributed by atoms with Crippen LogP contribution in [-0.4, -0.2) is 66.0 Å². The van der Waals surface area contributed by atoms with Crippen molar-refractivity contribution in [3.8, 4) is 5.69 Å². The maximum Gasteiger partial charge on any atom is 0.338 e. The number of benzene rings is 2. The summed E-state index contributed by atoms with van der Waals surface area (Å²) in [6.45, 7) is 8.22. The maximum absolute atomic E-state index is 13.2. The van der Waals surface area contributed by atoms with E-state index >= 15 is 0 Å². The van der Waals surface area contributed by atoms with Crippen LogP contribution in [0.2, 0.25) is 5.02 Å². The number of ether oxygens (including phenoxy) is 2. The van der Waals surface area contributed by atoms with Crippen molar-refractivity contribution in [1.29, 1.82) is 0 Å². The minimum atomic E-state index is -0.499. The molecule has 0 unspecified atom stereocenters. The van der Waals surface area contributed by atoms with Crippen LogP contribution in [-0.2, 0) is 19.7 Å². The second-order valence-corrected chi connectivity index (χ2v) is 10.1. The van der Waals surface area contributed by atoms with Crippen LogP contribution in [0.5, 0.6) is 0 Å². The standard InChI is InChI=1S/C28H34ClN5O5/c1-6-39-26(36)19-11-13-20(14-12-19)30-27(37)33(15-16-38-5)18-25(35)31-24-17-23(28(2,3)4)32-34(24)22-10-8-7-9-21(22)29/h7-14,17H,6,15-16,18H2,1-5H3,(H,30,37)(H,31,35). The Balaban J connectivity index is 1.77. The molecule has 10 nitrogen and oxygen atoms in total. The van der Waals surface area contributed by atoms with Gasteiger partial charge in [0, 0.05) is 30.8 Å². The Morgan fingerprint density at radius 3 is 2.36 bits per heavy atom. The van der Waals surface area contributed by atoms with Crippen LogP contribution in [0, 0.1) is 0 Å². The average Bonchev–Trinajstić information content (AvgIpc) is 3.31. The normalized spacial score (nSPS) is 11.1. The molecule has 3 aromatic rings. The third-order valence-corrected chi connectivity index (χ3v) is 5.98. The lowest BCUT2D eigenvalue weighted by atomic mass is 9.92. The number of amides is 3. The molecule has 39 heavy (non-hydrogen) atoms. The van der Waals surface area contributed by atoms with Gasteiger partial charge in [-0.05, 0) is 43.3 Å². The van der Waals surface area contributed by atoms with E-state index < -0.39 is 17.9 Å². The van der Waals surface area contributed by atoms with Gasteiger partial charge >= 0.3 is 12.0 Å². The molecule has 0 saturated heterocycles. The summed E-state index contributed by atoms with van der Waals surface area (Å²) < 4.78 is 11.7. The molecule has 1 aromatic heterocycles. The van der Waals surface area contributed by atoms with Crippen molar-refractivity contribution < 1.29 is 23.9 Å². The second-order valence-electron chi connectivity index (χ2n) is 9.72. The van der Waals surface area contributed by atoms with Crippen LogP contribution >= 0.6 is 11.6 Å². The van der Waals surface area contributed by atoms with E-state index in [4.69, 9.17) is 21.1 Å². The van der Waals surface area contributed by atoms with Crippen molar-refractivity contribution in [3.05, 3.63) is 70.9 Å². The molecular formula is C28H34ClN5O5. The molecule has 0 bridgehead atoms. The van der Waals surface area contributed by atoms with Crippen molar-refractivity contribution in [2.75, 3.05) is 44.0 Å². The van der Waals surface area contributed by atoms with Crippen molar-refractivity contribution in [2.24, 2.45) is 0 Å². The molecule has 11 heteroatoms. The first-order valence-corrected chi connectivity index (χ1v) is 12.9. The first-order chi connectivity index (χ1) is 18.5. The Kier molecular flexibility index (Phi) is 10.1. The highest BCUT2D eigenvalue weighted by Gasteiger charge is 2.24. The largest absolute Gasteiger partial charge is 0.462 e. The number of anilines is 2. The van der Waals surface area contributed by atoms with Crippen LogP contribution in [0.25, 0.3) is 5.69 Å². The Morgan fingerprint density at radius 1 is 1.05 bits per heavy atom. The number of rotatable bonds is 10. The highest BCUT2D eigenvalue weighted by atomic mass is 35.5. The van der Waals surface area contributed by atoms with Gasteiger partial charge in [-0.1, -0.05) is 44.5 Å². The molecule has 0 atom stereocenters. The molecule has 208 valence electrons. The topological polar surface area (TPSA) is 115 Å². The first-order valence-electron chi connectivity index (χ1n) is 12.5. The Bertz CT molecular complexity index is 1300. The van der Waals surface area contributed by atoms with E-state index in [9.17, 15) is 14.4 Å². The summed E-state index contributed by atoms with van der Waals surface area (Å²) in [4.78, 5) is 39.4. The van der Waals surface area contributed by atoms with Crippen LogP contribution in [0.3, 0.4) is 0 Å². The highest BCUT2D eigenvalue weighted by Crippen LogP contribution is 2.29. The van der Waals surface area contributed by atoms with Gasteiger partial charge in [-0.25, -0.2) is 14.3 Å². The summed E-state index contributed by atoms with van der Waals surface area (Å²) in [7, 11) is 1.51. The second kappa shape index (κ2) is 13.3. The zero-order valence-electron chi connectivity index (χ0n) is 22.8. The minimum absolute atomic E-state index is 0.174. The molecule has 3 amide bonds. The van der Waals surface area contributed by atoms with E-state index in [0.29, 0.717) is 27.8 Å². The summed E-state index contributed by atoms with van der Waals surface area (Å²) in [6.07, 6.45) is 0. The number of nitrogens with one attached hydrogen (secondary N) is 2. The Morgan fingerprint density at radius 2 is 1.74 bits per heavy atom. The third kappa shape index (κ3) is 8.05. The highest BCUT2D eigenvalue weighted by molar-refractivity contribution is 6.32. The van der Waals surface area contributed by atoms with Gasteiger partial charge in [0.1, 0.15) is 12.4 Å². The van der Waals surface area contributed by atoms with Gasteiger partial charge in [0.25, 0.3) is 0 Å². The monoisotopic (exact) mass is 555 g/mol. The molecule has 0 aliphatic heterocycles. The van der Waals surface area contributed by atoms with Gasteiger partial charge in [-0.15, -0.1) is 0 Å². The lowest BCUT2D eigenvalue weighted by molar-refractivity contribution is -0.116. The zero-order valence-corrected chi connectivity index (χ0v) is 23.5. The van der Waals surface area contributed by atoms with Crippen LogP contribution < -0.4 is 10.6 Å². The lowest BCUT2D eigenvalue weighted by Crippen LogP contribution is -2.42. The van der Waals surface area contributed by atoms with Crippen LogP contribution in [0.1, 0.15) is 43.7 Å². The molecule has 0 spiro atoms. The van der Waals surface area contributed by atoms with E-state index in [1.165, 1.54) is 12.0 Å². The minimum Gasteiger partial charge on any atom is -0.462 e. The SMILES string of the molecule is CCOC(=O)c1ccc(NC(=O)N(CCOC)CC(=O)Nc2cc(C(C)(C)C)nn2-c2ccccc2Cl)cc1. The van der Waals surface area contributed by atoms with Crippen LogP contribution in [0.4, 0.5) is 16.3 Å². The van der Waals surface area contributed by atoms with Gasteiger partial charge in [0.15, 0.2) is 0 Å². The van der Waals surface area contributed by atoms with Crippen molar-refractivity contribution in [3.63, 3.8) is 0 Å². The smallest absolute Gasteiger partial charge is 0.338 e. The molecule has 1 heterocycles. The summed E-state index contributed by atoms with van der Waals surface area (Å²) in [5, 5.41) is 10.8. The predicted octanol–water partition coefficient (Wildman–Crippen LogP) is 5.12. The van der Waals surface area contributed by atoms with Gasteiger partial charge in [0.05, 0.1) is 35.2 Å². The number of carbonyl (C=O) groups excluding carboxylic acids is 3. The maximum atomic E-state index is 13.2. The lowest BCUT2D eigenvalue weighted by Gasteiger charge is -2.22. The molecule has 2 aromatic carbocycles. The van der Waals surface area contributed by atoms with Crippen molar-refractivity contribution >= 4 is 41.0 Å². The van der Waals surface area contributed by atoms with Crippen molar-refractivity contribution in [1.82, 2.24) is 14.7 Å². The Labute approximate surface area is 233 Å². The van der Waals surface area contributed by atoms with E-state index in [0.717, 1.165) is 5.69 Å². The number of esters is 1. The fraction of sp³-hybridized carbons (Fsp3) is 0.357. The number of carbonyl (C=O) groups is 3. The number of aromatic nitrogens is 2. The number of halogens is 1. The van der Waals surface area contributed by atoms with E-state index in [1.54, 1.807) is 48.0 Å². The number of urea groups is 1. The molecule has 0 fully saturated rings. The van der Waals surface area contributed by atoms with E-state index in [2.05, 4.69) is 15.7 Å². The van der Waals surface area contributed by atoms with Gasteiger partial charge < -0.3 is 25.0 Å². The summed E-state index contributed by atoms with van der Waals surface area (Å²) in [6, 6.07) is 14.8. The number of para-hydroxylation sites is 1. The summed E-state index contributed by atoms with van der Waals surface area (Å²) in [5.41, 5.74) is 1.93. The summed E-state index contributed by atoms with van der Waals surface area (Å²) >= 11 is 6.42. The Hall–Kier alpha value is -3.89. The van der Waals surface area contributed by atoms with Gasteiger partial charge in [0.2, 0.25) is 5.91 Å². The fourth-order valence-electron chi connectivity index (χ4n) is 3.56. The quantitative estimate of drug-likeness (QED) is 0.336. The molecule has 0 aliphatic carbocycles. The number of nitrogens with zero attached hydrogens (tertiary/aromatic N) is 3. The number of hydrogen-bond acceptors (Lipinski definition) is 6. The van der Waals surface area contributed by atoms with E-state index in [1.807, 2.05) is 39.0 Å². The van der Waals surface area contributed by atoms with Crippen molar-refractivity contribution in [2.45, 2.75) is 33.1 Å². The molecule has 0 saturated carbocycles. The number of methoxy groups -OCH3 is 1. The molecule has 0 radical (unpaired) electrons. The zero-order chi connectivity index (χ0) is 28.6. The molecule has 0 aliphatic rings. The van der Waals surface area contributed by atoms with Crippen LogP contribution in [0.15, 0.2) is 54.6 Å². The van der Waals surface area contributed by atoms with E-state index in [-0.39, 0.29) is 31.7 Å². The molecular weight excluding hydrogens is 522 g/mol. The molecule has 3 rings (SSSR count). The van der Waals surface area contributed by atoms with Gasteiger partial charge in [-0.3, -0.25) is 4.79 Å². The fourth-order valence-corrected chi connectivity index (χ4v) is 3.78. The summed E-state index contributed by atoms with van der Waals surface area (Å²) in [5.74, 6) is -0.438. The first kappa shape index (κ1) is 29.7. The third-order valence-electron chi connectivity index (χ3n) is 5.66.